The van der Waals surface area contributed by atoms with Gasteiger partial charge in [-0.25, -0.2) is 0 Å². The molecule has 0 radical (unpaired) electrons. The third-order valence-electron chi connectivity index (χ3n) is 0. The quantitative estimate of drug-likeness (QED) is 0.345. The molecule has 0 N–H and O–H groups in total. The summed E-state index contributed by atoms with van der Waals surface area (Å²) in [6.45, 7) is 0. The summed E-state index contributed by atoms with van der Waals surface area (Å²) >= 11 is 0. The van der Waals surface area contributed by atoms with E-state index in [9.17, 15) is 0 Å². The van der Waals surface area contributed by atoms with E-state index in [4.69, 9.17) is 0 Å². The van der Waals surface area contributed by atoms with Gasteiger partial charge in [-0.2, -0.15) is 0 Å². The number of rotatable bonds is 0. The zero-order chi connectivity index (χ0) is 0. The second kappa shape index (κ2) is 139. The van der Waals surface area contributed by atoms with Crippen LogP contribution in [0.4, 0.5) is 0 Å². The van der Waals surface area contributed by atoms with E-state index in [0.29, 0.717) is 0 Å². The van der Waals surface area contributed by atoms with Crippen LogP contribution in [0.25, 0.3) is 0 Å². The van der Waals surface area contributed by atoms with E-state index >= 15 is 0 Å². The summed E-state index contributed by atoms with van der Waals surface area (Å²) < 4.78 is 0. The van der Waals surface area contributed by atoms with Crippen molar-refractivity contribution in [2.24, 2.45) is 0 Å². The van der Waals surface area contributed by atoms with Crippen LogP contribution in [-0.4, -0.2) is 0 Å². The van der Waals surface area contributed by atoms with Crippen molar-refractivity contribution in [2.75, 3.05) is 0 Å². The first-order chi connectivity index (χ1) is 0. The van der Waals surface area contributed by atoms with E-state index in [1.54, 1.807) is 0 Å². The first-order valence-corrected chi connectivity index (χ1v) is 0. The summed E-state index contributed by atoms with van der Waals surface area (Å²) in [5, 5.41) is 0. The van der Waals surface area contributed by atoms with Crippen LogP contribution in [0.15, 0.2) is 0 Å². The number of hydrogen-bond acceptors (Lipinski definition) is 0. The fourth-order valence-electron chi connectivity index (χ4n) is 0. The molecule has 0 aromatic heterocycles. The van der Waals surface area contributed by atoms with Gasteiger partial charge in [0.2, 0.25) is 0 Å². The third kappa shape index (κ3) is 99.6. The van der Waals surface area contributed by atoms with Crippen molar-refractivity contribution in [1.82, 2.24) is 0 Å². The van der Waals surface area contributed by atoms with Gasteiger partial charge in [-0.05, 0) is 0 Å². The van der Waals surface area contributed by atoms with Crippen molar-refractivity contribution >= 4 is 0 Å². The Balaban J connectivity index is 0. The van der Waals surface area contributed by atoms with E-state index < -0.39 is 0 Å². The second-order valence-corrected chi connectivity index (χ2v) is 0. The average molecular weight is 181 g/mol. The molecular weight excluding hydrogens is 181 g/mol. The maximum Gasteiger partial charge on any atom is 5.00 e. The van der Waals surface area contributed by atoms with E-state index in [-0.39, 0.29) is 75.8 Å². The second-order valence-electron chi connectivity index (χ2n) is 0. The van der Waals surface area contributed by atoms with Gasteiger partial charge in [-0.3, -0.25) is 0 Å². The molecule has 7 heavy (non-hydrogen) atoms. The molecule has 0 aliphatic rings. The molecule has 0 heterocycles. The van der Waals surface area contributed by atoms with Crippen LogP contribution in [-0.2, 0) is 57.0 Å². The van der Waals surface area contributed by atoms with Crippen LogP contribution < -0.4 is 18.9 Å². The molecule has 0 aromatic carbocycles. The van der Waals surface area contributed by atoms with Crippen molar-refractivity contribution in [2.45, 2.75) is 0 Å². The zero-order valence-corrected chi connectivity index (χ0v) is 5.78. The molecule has 0 aliphatic carbocycles. The number of hydrogen-bond donors (Lipinski definition) is 0. The first-order valence-electron chi connectivity index (χ1n) is 0. The molecule has 0 saturated heterocycles. The van der Waals surface area contributed by atoms with Crippen molar-refractivity contribution in [3.63, 3.8) is 0 Å². The minimum absolute atomic E-state index is 0. The average Bonchev–Trinajstić information content (AvgIpc) is 0. The Morgan fingerprint density at radius 2 is 0.571 bits per heavy atom. The molecule has 0 fully saturated rings. The van der Waals surface area contributed by atoms with Gasteiger partial charge in [-0.15, -0.1) is 0 Å². The Morgan fingerprint density at radius 1 is 0.571 bits per heavy atom. The smallest absolute Gasteiger partial charge is 2.00 e. The molecule has 0 spiro atoms. The standard InChI is InChI=1S/Li.Ni.4O.V/q+1;+2;4*-2;+5. The van der Waals surface area contributed by atoms with Gasteiger partial charge in [0.05, 0.1) is 0 Å². The maximum atomic E-state index is 0. The van der Waals surface area contributed by atoms with Gasteiger partial charge < -0.3 is 21.9 Å². The van der Waals surface area contributed by atoms with Crippen LogP contribution >= 0.6 is 0 Å². The summed E-state index contributed by atoms with van der Waals surface area (Å²) in [5.41, 5.74) is 0. The van der Waals surface area contributed by atoms with Crippen molar-refractivity contribution < 1.29 is 75.8 Å². The van der Waals surface area contributed by atoms with Gasteiger partial charge >= 0.3 is 53.9 Å². The van der Waals surface area contributed by atoms with E-state index in [1.807, 2.05) is 0 Å². The van der Waals surface area contributed by atoms with Gasteiger partial charge in [0, 0.05) is 0 Å². The Kier molecular flexibility index (Phi) is 4160. The molecule has 0 atom stereocenters. The van der Waals surface area contributed by atoms with Gasteiger partial charge in [-0.1, -0.05) is 0 Å². The van der Waals surface area contributed by atoms with Gasteiger partial charge in [0.15, 0.2) is 0 Å². The topological polar surface area (TPSA) is 114 Å². The predicted octanol–water partition coefficient (Wildman–Crippen LogP) is -3.48. The van der Waals surface area contributed by atoms with E-state index in [2.05, 4.69) is 0 Å². The van der Waals surface area contributed by atoms with Crippen LogP contribution in [0.1, 0.15) is 0 Å². The van der Waals surface area contributed by atoms with Crippen LogP contribution in [0.3, 0.4) is 0 Å². The molecule has 0 bridgehead atoms. The predicted molar refractivity (Wildman–Crippen MR) is 2.75 cm³/mol. The summed E-state index contributed by atoms with van der Waals surface area (Å²) in [6, 6.07) is 0. The minimum atomic E-state index is 0. The first kappa shape index (κ1) is 209. The SMILES string of the molecule is [Li+].[Ni+2].[O-2].[O-2].[O-2].[O-2].[V+5]. The summed E-state index contributed by atoms with van der Waals surface area (Å²) in [5.74, 6) is 0. The van der Waals surface area contributed by atoms with Crippen molar-refractivity contribution in [3.8, 4) is 0 Å². The van der Waals surface area contributed by atoms with E-state index in [1.165, 1.54) is 0 Å². The molecular formula is LiNiO4V. The van der Waals surface area contributed by atoms with Gasteiger partial charge in [0.1, 0.15) is 0 Å². The monoisotopic (exact) mass is 180 g/mol. The molecule has 0 aliphatic heterocycles. The molecule has 0 unspecified atom stereocenters. The van der Waals surface area contributed by atoms with E-state index in [0.717, 1.165) is 0 Å². The molecule has 0 aromatic rings. The van der Waals surface area contributed by atoms with Gasteiger partial charge in [0.25, 0.3) is 0 Å². The van der Waals surface area contributed by atoms with Crippen molar-refractivity contribution in [1.29, 1.82) is 0 Å². The Morgan fingerprint density at radius 3 is 0.571 bits per heavy atom. The molecule has 40 valence electrons. The Bertz CT molecular complexity index is 11.7. The Hall–Kier alpha value is 1.52. The fourth-order valence-corrected chi connectivity index (χ4v) is 0. The third-order valence-corrected chi connectivity index (χ3v) is 0. The molecule has 7 heteroatoms. The molecule has 4 nitrogen and oxygen atoms in total. The normalized spacial score (nSPS) is 0. The van der Waals surface area contributed by atoms with Crippen LogP contribution in [0.2, 0.25) is 0 Å². The van der Waals surface area contributed by atoms with Crippen LogP contribution in [0, 0.1) is 0 Å². The summed E-state index contributed by atoms with van der Waals surface area (Å²) in [6.07, 6.45) is 0. The molecule has 0 saturated carbocycles. The largest absolute Gasteiger partial charge is 5.00 e. The fraction of sp³-hybridized carbons (Fsp3) is 0. The van der Waals surface area contributed by atoms with Crippen LogP contribution in [0.5, 0.6) is 0 Å². The Labute approximate surface area is 75.6 Å². The summed E-state index contributed by atoms with van der Waals surface area (Å²) in [4.78, 5) is 0. The van der Waals surface area contributed by atoms with Crippen molar-refractivity contribution in [3.05, 3.63) is 0 Å². The molecule has 0 amide bonds. The zero-order valence-electron chi connectivity index (χ0n) is 3.40. The molecule has 0 rings (SSSR count). The minimum Gasteiger partial charge on any atom is -2.00 e. The maximum absolute atomic E-state index is 0. The summed E-state index contributed by atoms with van der Waals surface area (Å²) in [7, 11) is 0.